The van der Waals surface area contributed by atoms with Crippen molar-refractivity contribution in [2.45, 2.75) is 19.4 Å². The lowest BCUT2D eigenvalue weighted by atomic mass is 9.96. The van der Waals surface area contributed by atoms with Crippen molar-refractivity contribution in [3.63, 3.8) is 0 Å². The smallest absolute Gasteiger partial charge is 0.338 e. The molecule has 2 aromatic carbocycles. The molecule has 1 aliphatic rings. The maximum absolute atomic E-state index is 12.6. The predicted octanol–water partition coefficient (Wildman–Crippen LogP) is 3.10. The molecule has 25 heavy (non-hydrogen) atoms. The molecule has 5 heteroatoms. The topological polar surface area (TPSA) is 67.4 Å². The zero-order valence-corrected chi connectivity index (χ0v) is 14.0. The number of carbonyl (C=O) groups is 2. The van der Waals surface area contributed by atoms with E-state index in [1.165, 1.54) is 0 Å². The summed E-state index contributed by atoms with van der Waals surface area (Å²) in [6, 6.07) is 18.4. The van der Waals surface area contributed by atoms with Gasteiger partial charge in [-0.3, -0.25) is 0 Å². The van der Waals surface area contributed by atoms with Gasteiger partial charge in [-0.15, -0.1) is 0 Å². The number of amides is 2. The highest BCUT2D eigenvalue weighted by Crippen LogP contribution is 2.27. The number of rotatable bonds is 5. The van der Waals surface area contributed by atoms with E-state index in [-0.39, 0.29) is 12.6 Å². The van der Waals surface area contributed by atoms with Crippen molar-refractivity contribution in [2.75, 3.05) is 6.61 Å². The Balaban J connectivity index is 1.73. The van der Waals surface area contributed by atoms with Gasteiger partial charge in [-0.2, -0.15) is 0 Å². The van der Waals surface area contributed by atoms with Crippen molar-refractivity contribution in [2.24, 2.45) is 0 Å². The third kappa shape index (κ3) is 4.07. The first kappa shape index (κ1) is 16.8. The standard InChI is InChI=1S/C20H20N2O3/c1-14-17(19(23)25-13-12-15-8-4-2-5-9-15)18(22-20(24)21-14)16-10-6-3-7-11-16/h2-11,18H,12-13H2,1H3,(H2,21,22,24)/t18-/m1/s1. The summed E-state index contributed by atoms with van der Waals surface area (Å²) in [5.41, 5.74) is 2.89. The first-order chi connectivity index (χ1) is 12.1. The van der Waals surface area contributed by atoms with Crippen LogP contribution in [0.25, 0.3) is 0 Å². The fraction of sp³-hybridized carbons (Fsp3) is 0.200. The Hall–Kier alpha value is -3.08. The fourth-order valence-corrected chi connectivity index (χ4v) is 2.84. The molecule has 0 fully saturated rings. The highest BCUT2D eigenvalue weighted by atomic mass is 16.5. The van der Waals surface area contributed by atoms with E-state index in [9.17, 15) is 9.59 Å². The van der Waals surface area contributed by atoms with Crippen molar-refractivity contribution in [3.05, 3.63) is 83.1 Å². The quantitative estimate of drug-likeness (QED) is 0.825. The molecular formula is C20H20N2O3. The molecule has 128 valence electrons. The molecule has 0 aromatic heterocycles. The van der Waals surface area contributed by atoms with Crippen LogP contribution in [0.1, 0.15) is 24.1 Å². The summed E-state index contributed by atoms with van der Waals surface area (Å²) in [5.74, 6) is -0.421. The van der Waals surface area contributed by atoms with Crippen molar-refractivity contribution in [1.82, 2.24) is 10.6 Å². The minimum absolute atomic E-state index is 0.287. The summed E-state index contributed by atoms with van der Waals surface area (Å²) in [6.07, 6.45) is 0.648. The highest BCUT2D eigenvalue weighted by molar-refractivity contribution is 5.95. The molecule has 2 N–H and O–H groups in total. The molecule has 0 radical (unpaired) electrons. The second kappa shape index (κ2) is 7.66. The van der Waals surface area contributed by atoms with Crippen LogP contribution in [-0.2, 0) is 16.0 Å². The van der Waals surface area contributed by atoms with Crippen LogP contribution in [0.4, 0.5) is 4.79 Å². The Kier molecular flexibility index (Phi) is 5.14. The van der Waals surface area contributed by atoms with Crippen LogP contribution in [0.2, 0.25) is 0 Å². The normalized spacial score (nSPS) is 16.8. The van der Waals surface area contributed by atoms with Crippen LogP contribution in [0.5, 0.6) is 0 Å². The molecule has 3 rings (SSSR count). The summed E-state index contributed by atoms with van der Waals surface area (Å²) in [4.78, 5) is 24.4. The fourth-order valence-electron chi connectivity index (χ4n) is 2.84. The van der Waals surface area contributed by atoms with E-state index < -0.39 is 12.0 Å². The Labute approximate surface area is 146 Å². The first-order valence-corrected chi connectivity index (χ1v) is 8.19. The third-order valence-corrected chi connectivity index (χ3v) is 4.09. The van der Waals surface area contributed by atoms with Gasteiger partial charge in [0.25, 0.3) is 0 Å². The molecule has 2 amide bonds. The van der Waals surface area contributed by atoms with Gasteiger partial charge < -0.3 is 15.4 Å². The molecule has 0 saturated heterocycles. The van der Waals surface area contributed by atoms with Crippen LogP contribution >= 0.6 is 0 Å². The van der Waals surface area contributed by atoms with Crippen LogP contribution in [0, 0.1) is 0 Å². The number of nitrogens with one attached hydrogen (secondary N) is 2. The predicted molar refractivity (Wildman–Crippen MR) is 94.7 cm³/mol. The summed E-state index contributed by atoms with van der Waals surface area (Å²) < 4.78 is 5.45. The number of hydrogen-bond acceptors (Lipinski definition) is 3. The molecule has 0 aliphatic carbocycles. The van der Waals surface area contributed by atoms with Gasteiger partial charge in [-0.25, -0.2) is 9.59 Å². The lowest BCUT2D eigenvalue weighted by molar-refractivity contribution is -0.139. The second-order valence-electron chi connectivity index (χ2n) is 5.85. The molecule has 5 nitrogen and oxygen atoms in total. The summed E-state index contributed by atoms with van der Waals surface area (Å²) in [7, 11) is 0. The maximum atomic E-state index is 12.6. The van der Waals surface area contributed by atoms with Crippen LogP contribution < -0.4 is 10.6 Å². The molecule has 0 unspecified atom stereocenters. The molecule has 2 aromatic rings. The zero-order valence-electron chi connectivity index (χ0n) is 14.0. The molecule has 1 heterocycles. The Bertz CT molecular complexity index is 785. The van der Waals surface area contributed by atoms with Crippen molar-refractivity contribution in [1.29, 1.82) is 0 Å². The number of urea groups is 1. The summed E-state index contributed by atoms with van der Waals surface area (Å²) in [5, 5.41) is 5.44. The number of ether oxygens (including phenoxy) is 1. The Morgan fingerprint density at radius 2 is 1.68 bits per heavy atom. The molecule has 0 spiro atoms. The van der Waals surface area contributed by atoms with Gasteiger partial charge >= 0.3 is 12.0 Å². The van der Waals surface area contributed by atoms with Gasteiger partial charge in [-0.1, -0.05) is 60.7 Å². The van der Waals surface area contributed by atoms with Gasteiger partial charge in [0.15, 0.2) is 0 Å². The largest absolute Gasteiger partial charge is 0.462 e. The second-order valence-corrected chi connectivity index (χ2v) is 5.85. The average molecular weight is 336 g/mol. The third-order valence-electron chi connectivity index (χ3n) is 4.09. The van der Waals surface area contributed by atoms with E-state index in [2.05, 4.69) is 10.6 Å². The molecule has 0 saturated carbocycles. The first-order valence-electron chi connectivity index (χ1n) is 8.19. The van der Waals surface area contributed by atoms with Gasteiger partial charge in [0.1, 0.15) is 0 Å². The van der Waals surface area contributed by atoms with Crippen molar-refractivity contribution in [3.8, 4) is 0 Å². The van der Waals surface area contributed by atoms with Gasteiger partial charge in [0, 0.05) is 12.1 Å². The number of carbonyl (C=O) groups excluding carboxylic acids is 2. The molecular weight excluding hydrogens is 316 g/mol. The monoisotopic (exact) mass is 336 g/mol. The van der Waals surface area contributed by atoms with E-state index >= 15 is 0 Å². The highest BCUT2D eigenvalue weighted by Gasteiger charge is 2.31. The van der Waals surface area contributed by atoms with Crippen molar-refractivity contribution < 1.29 is 14.3 Å². The van der Waals surface area contributed by atoms with E-state index in [4.69, 9.17) is 4.74 Å². The van der Waals surface area contributed by atoms with E-state index in [1.54, 1.807) is 6.92 Å². The SMILES string of the molecule is CC1=C(C(=O)OCCc2ccccc2)[C@@H](c2ccccc2)NC(=O)N1. The van der Waals surface area contributed by atoms with E-state index in [1.807, 2.05) is 60.7 Å². The van der Waals surface area contributed by atoms with Crippen LogP contribution in [0.15, 0.2) is 71.9 Å². The Morgan fingerprint density at radius 3 is 2.36 bits per heavy atom. The lowest BCUT2D eigenvalue weighted by Gasteiger charge is -2.28. The van der Waals surface area contributed by atoms with Gasteiger partial charge in [0.2, 0.25) is 0 Å². The Morgan fingerprint density at radius 1 is 1.04 bits per heavy atom. The number of esters is 1. The summed E-state index contributed by atoms with van der Waals surface area (Å²) in [6.45, 7) is 2.00. The average Bonchev–Trinajstić information content (AvgIpc) is 2.62. The van der Waals surface area contributed by atoms with Crippen molar-refractivity contribution >= 4 is 12.0 Å². The van der Waals surface area contributed by atoms with Crippen LogP contribution in [0.3, 0.4) is 0 Å². The maximum Gasteiger partial charge on any atom is 0.338 e. The minimum Gasteiger partial charge on any atom is -0.462 e. The molecule has 1 aliphatic heterocycles. The zero-order chi connectivity index (χ0) is 17.6. The number of hydrogen-bond donors (Lipinski definition) is 2. The summed E-state index contributed by atoms with van der Waals surface area (Å²) >= 11 is 0. The van der Waals surface area contributed by atoms with Gasteiger partial charge in [0.05, 0.1) is 18.2 Å². The van der Waals surface area contributed by atoms with E-state index in [0.717, 1.165) is 11.1 Å². The van der Waals surface area contributed by atoms with Crippen LogP contribution in [-0.4, -0.2) is 18.6 Å². The number of allylic oxidation sites excluding steroid dienone is 1. The minimum atomic E-state index is -0.515. The molecule has 1 atom stereocenters. The molecule has 0 bridgehead atoms. The lowest BCUT2D eigenvalue weighted by Crippen LogP contribution is -2.45. The van der Waals surface area contributed by atoms with Gasteiger partial charge in [-0.05, 0) is 18.1 Å². The number of benzene rings is 2. The van der Waals surface area contributed by atoms with E-state index in [0.29, 0.717) is 17.7 Å².